The summed E-state index contributed by atoms with van der Waals surface area (Å²) in [5, 5.41) is 3.82. The summed E-state index contributed by atoms with van der Waals surface area (Å²) >= 11 is 0. The monoisotopic (exact) mass is 238 g/mol. The zero-order chi connectivity index (χ0) is 12.5. The Morgan fingerprint density at radius 2 is 2.06 bits per heavy atom. The maximum atomic E-state index is 3.82. The van der Waals surface area contributed by atoms with Gasteiger partial charge in [-0.3, -0.25) is 4.90 Å². The summed E-state index contributed by atoms with van der Waals surface area (Å²) in [5.74, 6) is 0.908. The van der Waals surface area contributed by atoms with E-state index in [2.05, 4.69) is 37.9 Å². The topological polar surface area (TPSA) is 15.3 Å². The average molecular weight is 238 g/mol. The average Bonchev–Trinajstić information content (AvgIpc) is 2.80. The molecule has 100 valence electrons. The Hall–Kier alpha value is -0.0800. The van der Waals surface area contributed by atoms with E-state index < -0.39 is 0 Å². The fourth-order valence-corrected chi connectivity index (χ4v) is 3.74. The molecule has 2 heteroatoms. The number of rotatable bonds is 4. The lowest BCUT2D eigenvalue weighted by atomic mass is 9.86. The van der Waals surface area contributed by atoms with Crippen molar-refractivity contribution in [2.45, 2.75) is 65.5 Å². The molecule has 2 nitrogen and oxygen atoms in total. The van der Waals surface area contributed by atoms with Crippen molar-refractivity contribution in [3.05, 3.63) is 0 Å². The summed E-state index contributed by atoms with van der Waals surface area (Å²) in [7, 11) is 0. The highest BCUT2D eigenvalue weighted by Gasteiger charge is 2.44. The first-order valence-corrected chi connectivity index (χ1v) is 7.52. The van der Waals surface area contributed by atoms with Gasteiger partial charge in [0.15, 0.2) is 0 Å². The third-order valence-electron chi connectivity index (χ3n) is 4.85. The maximum Gasteiger partial charge on any atom is 0.0274 e. The largest absolute Gasteiger partial charge is 0.312 e. The number of likely N-dealkylation sites (tertiary alicyclic amines) is 1. The minimum atomic E-state index is 0.478. The van der Waals surface area contributed by atoms with Crippen LogP contribution in [0, 0.1) is 11.3 Å². The Morgan fingerprint density at radius 1 is 1.29 bits per heavy atom. The predicted molar refractivity (Wildman–Crippen MR) is 74.2 cm³/mol. The van der Waals surface area contributed by atoms with Crippen LogP contribution in [-0.4, -0.2) is 36.6 Å². The number of hydrogen-bond acceptors (Lipinski definition) is 2. The Labute approximate surface area is 107 Å². The lowest BCUT2D eigenvalue weighted by Gasteiger charge is -2.36. The Bertz CT molecular complexity index is 249. The molecule has 2 aliphatic rings. The summed E-state index contributed by atoms with van der Waals surface area (Å²) in [6, 6.07) is 1.49. The normalized spacial score (nSPS) is 37.8. The van der Waals surface area contributed by atoms with Crippen molar-refractivity contribution in [1.82, 2.24) is 10.2 Å². The standard InChI is InChI=1S/C15H30N2/c1-5-9-16-14-13(6-8-15(14,3)4)17-10-7-12(2)11-17/h12-14,16H,5-11H2,1-4H3. The van der Waals surface area contributed by atoms with Crippen molar-refractivity contribution in [1.29, 1.82) is 0 Å². The van der Waals surface area contributed by atoms with Crippen LogP contribution < -0.4 is 5.32 Å². The molecule has 2 rings (SSSR count). The van der Waals surface area contributed by atoms with Gasteiger partial charge < -0.3 is 5.32 Å². The highest BCUT2D eigenvalue weighted by molar-refractivity contribution is 5.02. The molecule has 0 spiro atoms. The second-order valence-electron chi connectivity index (χ2n) is 6.92. The molecule has 1 saturated heterocycles. The molecule has 1 aliphatic heterocycles. The quantitative estimate of drug-likeness (QED) is 0.810. The molecule has 1 N–H and O–H groups in total. The van der Waals surface area contributed by atoms with Crippen LogP contribution in [0.3, 0.4) is 0 Å². The van der Waals surface area contributed by atoms with E-state index in [-0.39, 0.29) is 0 Å². The van der Waals surface area contributed by atoms with E-state index in [1.165, 1.54) is 45.3 Å². The highest BCUT2D eigenvalue weighted by atomic mass is 15.2. The molecule has 3 unspecified atom stereocenters. The molecular weight excluding hydrogens is 208 g/mol. The van der Waals surface area contributed by atoms with Crippen molar-refractivity contribution in [3.8, 4) is 0 Å². The van der Waals surface area contributed by atoms with Crippen LogP contribution in [0.25, 0.3) is 0 Å². The maximum absolute atomic E-state index is 3.82. The summed E-state index contributed by atoms with van der Waals surface area (Å²) in [6.45, 7) is 13.4. The molecule has 17 heavy (non-hydrogen) atoms. The van der Waals surface area contributed by atoms with Gasteiger partial charge in [-0.05, 0) is 50.1 Å². The minimum absolute atomic E-state index is 0.478. The van der Waals surface area contributed by atoms with Crippen molar-refractivity contribution in [2.75, 3.05) is 19.6 Å². The zero-order valence-electron chi connectivity index (χ0n) is 12.1. The first-order chi connectivity index (χ1) is 8.04. The molecule has 2 fully saturated rings. The molecule has 1 aliphatic carbocycles. The highest BCUT2D eigenvalue weighted by Crippen LogP contribution is 2.41. The smallest absolute Gasteiger partial charge is 0.0274 e. The van der Waals surface area contributed by atoms with Gasteiger partial charge in [-0.2, -0.15) is 0 Å². The van der Waals surface area contributed by atoms with Crippen molar-refractivity contribution in [2.24, 2.45) is 11.3 Å². The van der Waals surface area contributed by atoms with Crippen LogP contribution in [-0.2, 0) is 0 Å². The summed E-state index contributed by atoms with van der Waals surface area (Å²) in [5.41, 5.74) is 0.478. The first kappa shape index (κ1) is 13.4. The van der Waals surface area contributed by atoms with Gasteiger partial charge in [0, 0.05) is 18.6 Å². The molecule has 1 heterocycles. The van der Waals surface area contributed by atoms with Crippen molar-refractivity contribution < 1.29 is 0 Å². The van der Waals surface area contributed by atoms with Crippen molar-refractivity contribution >= 4 is 0 Å². The second-order valence-corrected chi connectivity index (χ2v) is 6.92. The van der Waals surface area contributed by atoms with Gasteiger partial charge in [-0.1, -0.05) is 27.7 Å². The fraction of sp³-hybridized carbons (Fsp3) is 1.00. The van der Waals surface area contributed by atoms with E-state index in [1.807, 2.05) is 0 Å². The summed E-state index contributed by atoms with van der Waals surface area (Å²) in [6.07, 6.45) is 5.41. The van der Waals surface area contributed by atoms with Crippen LogP contribution in [0.2, 0.25) is 0 Å². The minimum Gasteiger partial charge on any atom is -0.312 e. The lowest BCUT2D eigenvalue weighted by molar-refractivity contribution is 0.167. The van der Waals surface area contributed by atoms with Crippen molar-refractivity contribution in [3.63, 3.8) is 0 Å². The van der Waals surface area contributed by atoms with Gasteiger partial charge in [0.2, 0.25) is 0 Å². The van der Waals surface area contributed by atoms with E-state index in [0.717, 1.165) is 12.0 Å². The number of hydrogen-bond donors (Lipinski definition) is 1. The van der Waals surface area contributed by atoms with E-state index in [1.54, 1.807) is 0 Å². The Kier molecular flexibility index (Phi) is 4.14. The molecule has 3 atom stereocenters. The van der Waals surface area contributed by atoms with E-state index >= 15 is 0 Å². The van der Waals surface area contributed by atoms with E-state index in [4.69, 9.17) is 0 Å². The fourth-order valence-electron chi connectivity index (χ4n) is 3.74. The SMILES string of the molecule is CCCNC1C(N2CCC(C)C2)CCC1(C)C. The molecule has 1 saturated carbocycles. The predicted octanol–water partition coefficient (Wildman–Crippen LogP) is 2.89. The van der Waals surface area contributed by atoms with Gasteiger partial charge in [0.1, 0.15) is 0 Å². The van der Waals surface area contributed by atoms with Crippen LogP contribution in [0.1, 0.15) is 53.4 Å². The Balaban J connectivity index is 2.00. The third-order valence-corrected chi connectivity index (χ3v) is 4.85. The van der Waals surface area contributed by atoms with Gasteiger partial charge in [-0.15, -0.1) is 0 Å². The van der Waals surface area contributed by atoms with Crippen LogP contribution in [0.4, 0.5) is 0 Å². The van der Waals surface area contributed by atoms with Crippen LogP contribution in [0.15, 0.2) is 0 Å². The van der Waals surface area contributed by atoms with Crippen LogP contribution >= 0.6 is 0 Å². The van der Waals surface area contributed by atoms with Gasteiger partial charge in [0.05, 0.1) is 0 Å². The van der Waals surface area contributed by atoms with Gasteiger partial charge in [0.25, 0.3) is 0 Å². The second kappa shape index (κ2) is 5.27. The molecule has 0 aromatic carbocycles. The molecule has 0 radical (unpaired) electrons. The first-order valence-electron chi connectivity index (χ1n) is 7.52. The zero-order valence-corrected chi connectivity index (χ0v) is 12.1. The number of nitrogens with one attached hydrogen (secondary N) is 1. The molecule has 0 aromatic heterocycles. The van der Waals surface area contributed by atoms with E-state index in [9.17, 15) is 0 Å². The lowest BCUT2D eigenvalue weighted by Crippen LogP contribution is -2.51. The molecule has 0 amide bonds. The molecule has 0 aromatic rings. The van der Waals surface area contributed by atoms with Gasteiger partial charge >= 0.3 is 0 Å². The van der Waals surface area contributed by atoms with E-state index in [0.29, 0.717) is 11.5 Å². The summed E-state index contributed by atoms with van der Waals surface area (Å²) in [4.78, 5) is 2.76. The Morgan fingerprint density at radius 3 is 2.65 bits per heavy atom. The van der Waals surface area contributed by atoms with Gasteiger partial charge in [-0.25, -0.2) is 0 Å². The number of nitrogens with zero attached hydrogens (tertiary/aromatic N) is 1. The summed E-state index contributed by atoms with van der Waals surface area (Å²) < 4.78 is 0. The third kappa shape index (κ3) is 2.85. The molecular formula is C15H30N2. The molecule has 0 bridgehead atoms. The van der Waals surface area contributed by atoms with Crippen LogP contribution in [0.5, 0.6) is 0 Å².